The maximum atomic E-state index is 5.16. The van der Waals surface area contributed by atoms with E-state index in [1.807, 2.05) is 49.4 Å². The minimum absolute atomic E-state index is 0.707. The molecule has 4 nitrogen and oxygen atoms in total. The molecule has 0 aliphatic carbocycles. The van der Waals surface area contributed by atoms with Crippen molar-refractivity contribution in [2.24, 2.45) is 0 Å². The van der Waals surface area contributed by atoms with E-state index in [4.69, 9.17) is 19.9 Å². The Hall–Kier alpha value is -6.00. The summed E-state index contributed by atoms with van der Waals surface area (Å²) in [5.41, 5.74) is 11.9. The molecule has 0 radical (unpaired) electrons. The van der Waals surface area contributed by atoms with Crippen molar-refractivity contribution in [1.82, 2.24) is 19.9 Å². The molecule has 212 valence electrons. The van der Waals surface area contributed by atoms with E-state index in [0.29, 0.717) is 5.82 Å². The van der Waals surface area contributed by atoms with Crippen molar-refractivity contribution in [3.8, 4) is 56.3 Å². The van der Waals surface area contributed by atoms with Crippen LogP contribution >= 0.6 is 0 Å². The summed E-state index contributed by atoms with van der Waals surface area (Å²) >= 11 is 0. The molecule has 0 aliphatic heterocycles. The number of hydrogen-bond donors (Lipinski definition) is 0. The lowest BCUT2D eigenvalue weighted by molar-refractivity contribution is 1.18. The first-order valence-electron chi connectivity index (χ1n) is 15.1. The Kier molecular flexibility index (Phi) is 6.65. The summed E-state index contributed by atoms with van der Waals surface area (Å²) < 4.78 is 0. The third-order valence-corrected chi connectivity index (χ3v) is 8.17. The Morgan fingerprint density at radius 1 is 0.378 bits per heavy atom. The van der Waals surface area contributed by atoms with Crippen LogP contribution in [0.4, 0.5) is 0 Å². The lowest BCUT2D eigenvalue weighted by Gasteiger charge is -2.13. The van der Waals surface area contributed by atoms with Crippen LogP contribution in [0, 0.1) is 6.92 Å². The number of aryl methyl sites for hydroxylation is 1. The van der Waals surface area contributed by atoms with Gasteiger partial charge >= 0.3 is 0 Å². The molecular weight excluding hydrogens is 548 g/mol. The summed E-state index contributed by atoms with van der Waals surface area (Å²) in [6.07, 6.45) is 0. The summed E-state index contributed by atoms with van der Waals surface area (Å²) in [5.74, 6) is 0.707. The van der Waals surface area contributed by atoms with E-state index in [2.05, 4.69) is 109 Å². The number of benzene rings is 5. The molecule has 0 atom stereocenters. The van der Waals surface area contributed by atoms with Crippen LogP contribution in [0.5, 0.6) is 0 Å². The van der Waals surface area contributed by atoms with Gasteiger partial charge in [-0.2, -0.15) is 0 Å². The average Bonchev–Trinajstić information content (AvgIpc) is 3.12. The van der Waals surface area contributed by atoms with E-state index in [0.717, 1.165) is 78.0 Å². The van der Waals surface area contributed by atoms with Crippen molar-refractivity contribution in [3.63, 3.8) is 0 Å². The van der Waals surface area contributed by atoms with Gasteiger partial charge in [-0.15, -0.1) is 0 Å². The Labute approximate surface area is 261 Å². The van der Waals surface area contributed by atoms with Gasteiger partial charge in [0.15, 0.2) is 5.82 Å². The van der Waals surface area contributed by atoms with Crippen molar-refractivity contribution >= 4 is 21.8 Å². The minimum Gasteiger partial charge on any atom is -0.251 e. The highest BCUT2D eigenvalue weighted by Gasteiger charge is 2.15. The average molecular weight is 577 g/mol. The summed E-state index contributed by atoms with van der Waals surface area (Å²) in [6.45, 7) is 2.03. The molecule has 0 unspecified atom stereocenters. The Bertz CT molecular complexity index is 2240. The largest absolute Gasteiger partial charge is 0.251 e. The molecule has 3 heterocycles. The number of hydrogen-bond acceptors (Lipinski definition) is 4. The fraction of sp³-hybridized carbons (Fsp3) is 0.0244. The predicted octanol–water partition coefficient (Wildman–Crippen LogP) is 10.2. The highest BCUT2D eigenvalue weighted by Crippen LogP contribution is 2.36. The molecule has 3 aromatic heterocycles. The van der Waals surface area contributed by atoms with Crippen molar-refractivity contribution in [1.29, 1.82) is 0 Å². The molecule has 0 saturated heterocycles. The van der Waals surface area contributed by atoms with Gasteiger partial charge < -0.3 is 0 Å². The van der Waals surface area contributed by atoms with E-state index >= 15 is 0 Å². The van der Waals surface area contributed by atoms with Gasteiger partial charge in [-0.3, -0.25) is 4.98 Å². The Morgan fingerprint density at radius 3 is 1.51 bits per heavy atom. The predicted molar refractivity (Wildman–Crippen MR) is 185 cm³/mol. The standard InChI is InChI=1S/C41H28N4/c1-27-17-18-32-23-24-34-35(25-36(29-11-5-2-6-12-29)43-40(34)39(32)42-27)28-19-21-31(22-20-28)38-26-37(30-13-7-3-8-14-30)44-41(45-38)33-15-9-4-10-16-33/h2-26H,1H3. The number of aromatic nitrogens is 4. The first kappa shape index (κ1) is 26.6. The monoisotopic (exact) mass is 576 g/mol. The topological polar surface area (TPSA) is 51.6 Å². The third-order valence-electron chi connectivity index (χ3n) is 8.17. The van der Waals surface area contributed by atoms with Crippen LogP contribution in [0.1, 0.15) is 5.69 Å². The fourth-order valence-corrected chi connectivity index (χ4v) is 5.85. The van der Waals surface area contributed by atoms with Gasteiger partial charge in [0, 0.05) is 38.7 Å². The first-order valence-corrected chi connectivity index (χ1v) is 15.1. The van der Waals surface area contributed by atoms with Gasteiger partial charge in [0.25, 0.3) is 0 Å². The van der Waals surface area contributed by atoms with E-state index in [9.17, 15) is 0 Å². The molecule has 0 spiro atoms. The minimum atomic E-state index is 0.707. The summed E-state index contributed by atoms with van der Waals surface area (Å²) in [6, 6.07) is 52.2. The third kappa shape index (κ3) is 5.13. The van der Waals surface area contributed by atoms with Crippen molar-refractivity contribution in [2.75, 3.05) is 0 Å². The zero-order chi connectivity index (χ0) is 30.2. The van der Waals surface area contributed by atoms with Crippen LogP contribution in [-0.2, 0) is 0 Å². The quantitative estimate of drug-likeness (QED) is 0.191. The number of pyridine rings is 2. The van der Waals surface area contributed by atoms with Gasteiger partial charge in [0.05, 0.1) is 28.1 Å². The van der Waals surface area contributed by atoms with Crippen LogP contribution in [-0.4, -0.2) is 19.9 Å². The lowest BCUT2D eigenvalue weighted by atomic mass is 9.96. The highest BCUT2D eigenvalue weighted by molar-refractivity contribution is 6.09. The second-order valence-electron chi connectivity index (χ2n) is 11.2. The number of nitrogens with zero attached hydrogens (tertiary/aromatic N) is 4. The second kappa shape index (κ2) is 11.3. The zero-order valence-electron chi connectivity index (χ0n) is 24.7. The van der Waals surface area contributed by atoms with Gasteiger partial charge in [-0.1, -0.05) is 133 Å². The van der Waals surface area contributed by atoms with Crippen LogP contribution in [0.3, 0.4) is 0 Å². The SMILES string of the molecule is Cc1ccc2ccc3c(-c4ccc(-c5cc(-c6ccccc6)nc(-c6ccccc6)n5)cc4)cc(-c4ccccc4)nc3c2n1. The number of rotatable bonds is 5. The highest BCUT2D eigenvalue weighted by atomic mass is 14.9. The first-order chi connectivity index (χ1) is 22.2. The van der Waals surface area contributed by atoms with E-state index in [1.165, 1.54) is 0 Å². The van der Waals surface area contributed by atoms with E-state index < -0.39 is 0 Å². The molecule has 8 rings (SSSR count). The smallest absolute Gasteiger partial charge is 0.160 e. The molecule has 0 N–H and O–H groups in total. The molecular formula is C41H28N4. The van der Waals surface area contributed by atoms with Crippen molar-refractivity contribution < 1.29 is 0 Å². The van der Waals surface area contributed by atoms with Crippen LogP contribution < -0.4 is 0 Å². The molecule has 0 amide bonds. The molecule has 0 aliphatic rings. The van der Waals surface area contributed by atoms with Gasteiger partial charge in [0.2, 0.25) is 0 Å². The summed E-state index contributed by atoms with van der Waals surface area (Å²) in [7, 11) is 0. The maximum absolute atomic E-state index is 5.16. The van der Waals surface area contributed by atoms with Crippen LogP contribution in [0.15, 0.2) is 152 Å². The van der Waals surface area contributed by atoms with Gasteiger partial charge in [0.1, 0.15) is 0 Å². The maximum Gasteiger partial charge on any atom is 0.160 e. The summed E-state index contributed by atoms with van der Waals surface area (Å²) in [4.78, 5) is 20.0. The van der Waals surface area contributed by atoms with Crippen molar-refractivity contribution in [2.45, 2.75) is 6.92 Å². The number of fused-ring (bicyclic) bond motifs is 3. The van der Waals surface area contributed by atoms with E-state index in [-0.39, 0.29) is 0 Å². The molecule has 4 heteroatoms. The van der Waals surface area contributed by atoms with Gasteiger partial charge in [-0.25, -0.2) is 15.0 Å². The molecule has 0 fully saturated rings. The zero-order valence-corrected chi connectivity index (χ0v) is 24.7. The fourth-order valence-electron chi connectivity index (χ4n) is 5.85. The Morgan fingerprint density at radius 2 is 0.889 bits per heavy atom. The molecule has 5 aromatic carbocycles. The normalized spacial score (nSPS) is 11.2. The van der Waals surface area contributed by atoms with E-state index in [1.54, 1.807) is 0 Å². The van der Waals surface area contributed by atoms with Crippen LogP contribution in [0.25, 0.3) is 78.1 Å². The molecule has 45 heavy (non-hydrogen) atoms. The Balaban J connectivity index is 1.28. The van der Waals surface area contributed by atoms with Crippen molar-refractivity contribution in [3.05, 3.63) is 157 Å². The second-order valence-corrected chi connectivity index (χ2v) is 11.2. The molecule has 8 aromatic rings. The van der Waals surface area contributed by atoms with Gasteiger partial charge in [-0.05, 0) is 36.2 Å². The molecule has 0 saturated carbocycles. The summed E-state index contributed by atoms with van der Waals surface area (Å²) in [5, 5.41) is 2.16. The molecule has 0 bridgehead atoms. The lowest BCUT2D eigenvalue weighted by Crippen LogP contribution is -1.96. The van der Waals surface area contributed by atoms with Crippen LogP contribution in [0.2, 0.25) is 0 Å².